The summed E-state index contributed by atoms with van der Waals surface area (Å²) in [7, 11) is 0. The van der Waals surface area contributed by atoms with Crippen LogP contribution in [0.25, 0.3) is 5.57 Å². The molecule has 178 valence electrons. The molecule has 5 nitrogen and oxygen atoms in total. The standard InChI is InChI=1S/C27H35NO4S/c1-18-6-8-20(9-7-18)22-11-13-28(26(31)17-32-19(2)30)15-24(22)23-14-21(33-25(23)16-29)10-12-27(3,4)5/h14,16,18,20H,6-9,11,13,15,17H2,1-5H3. The van der Waals surface area contributed by atoms with Crippen molar-refractivity contribution in [2.45, 2.75) is 66.7 Å². The van der Waals surface area contributed by atoms with Gasteiger partial charge in [-0.3, -0.25) is 14.4 Å². The van der Waals surface area contributed by atoms with Crippen molar-refractivity contribution in [3.63, 3.8) is 0 Å². The van der Waals surface area contributed by atoms with E-state index in [0.29, 0.717) is 23.9 Å². The molecule has 1 saturated carbocycles. The van der Waals surface area contributed by atoms with Crippen molar-refractivity contribution in [1.82, 2.24) is 4.90 Å². The SMILES string of the molecule is CC(=O)OCC(=O)N1CCC(C2CCC(C)CC2)=C(c2cc(C#CC(C)(C)C)sc2C=O)C1. The lowest BCUT2D eigenvalue weighted by Gasteiger charge is -2.36. The smallest absolute Gasteiger partial charge is 0.303 e. The van der Waals surface area contributed by atoms with E-state index in [-0.39, 0.29) is 17.9 Å². The summed E-state index contributed by atoms with van der Waals surface area (Å²) in [6.07, 6.45) is 6.43. The zero-order valence-electron chi connectivity index (χ0n) is 20.5. The Labute approximate surface area is 201 Å². The molecule has 0 atom stereocenters. The van der Waals surface area contributed by atoms with E-state index in [4.69, 9.17) is 4.74 Å². The summed E-state index contributed by atoms with van der Waals surface area (Å²) in [5, 5.41) is 0. The lowest BCUT2D eigenvalue weighted by molar-refractivity contribution is -0.150. The third kappa shape index (κ3) is 6.80. The molecule has 1 fully saturated rings. The van der Waals surface area contributed by atoms with Gasteiger partial charge in [0.1, 0.15) is 0 Å². The number of nitrogens with zero attached hydrogens (tertiary/aromatic N) is 1. The molecule has 1 amide bonds. The molecular weight excluding hydrogens is 434 g/mol. The monoisotopic (exact) mass is 469 g/mol. The fraction of sp³-hybridized carbons (Fsp3) is 0.593. The van der Waals surface area contributed by atoms with Gasteiger partial charge in [0.25, 0.3) is 5.91 Å². The maximum Gasteiger partial charge on any atom is 0.303 e. The first-order valence-corrected chi connectivity index (χ1v) is 12.6. The topological polar surface area (TPSA) is 63.7 Å². The van der Waals surface area contributed by atoms with Crippen LogP contribution in [-0.2, 0) is 14.3 Å². The number of aldehydes is 1. The number of amides is 1. The fourth-order valence-corrected chi connectivity index (χ4v) is 5.46. The summed E-state index contributed by atoms with van der Waals surface area (Å²) in [5.74, 6) is 7.07. The van der Waals surface area contributed by atoms with Gasteiger partial charge < -0.3 is 9.64 Å². The first-order chi connectivity index (χ1) is 15.6. The molecule has 2 aliphatic rings. The second-order valence-corrected chi connectivity index (χ2v) is 11.4. The predicted octanol–water partition coefficient (Wildman–Crippen LogP) is 5.33. The first-order valence-electron chi connectivity index (χ1n) is 11.8. The molecule has 1 aliphatic carbocycles. The largest absolute Gasteiger partial charge is 0.456 e. The Bertz CT molecular complexity index is 994. The van der Waals surface area contributed by atoms with E-state index < -0.39 is 5.97 Å². The van der Waals surface area contributed by atoms with Crippen LogP contribution in [0.5, 0.6) is 0 Å². The van der Waals surface area contributed by atoms with Crippen LogP contribution in [0.3, 0.4) is 0 Å². The number of carbonyl (C=O) groups is 3. The van der Waals surface area contributed by atoms with Gasteiger partial charge in [-0.25, -0.2) is 0 Å². The molecule has 1 aromatic rings. The van der Waals surface area contributed by atoms with Crippen molar-refractivity contribution in [3.05, 3.63) is 27.0 Å². The van der Waals surface area contributed by atoms with Crippen molar-refractivity contribution < 1.29 is 19.1 Å². The second-order valence-electron chi connectivity index (χ2n) is 10.3. The van der Waals surface area contributed by atoms with Crippen molar-refractivity contribution in [2.75, 3.05) is 19.7 Å². The highest BCUT2D eigenvalue weighted by Crippen LogP contribution is 2.41. The summed E-state index contributed by atoms with van der Waals surface area (Å²) in [4.78, 5) is 39.2. The minimum absolute atomic E-state index is 0.126. The Morgan fingerprint density at radius 1 is 1.24 bits per heavy atom. The van der Waals surface area contributed by atoms with Crippen LogP contribution < -0.4 is 0 Å². The van der Waals surface area contributed by atoms with Gasteiger partial charge in [-0.15, -0.1) is 11.3 Å². The third-order valence-corrected chi connectivity index (χ3v) is 7.38. The Balaban J connectivity index is 1.98. The molecule has 0 N–H and O–H groups in total. The van der Waals surface area contributed by atoms with E-state index in [9.17, 15) is 14.4 Å². The van der Waals surface area contributed by atoms with Gasteiger partial charge in [-0.1, -0.05) is 37.2 Å². The predicted molar refractivity (Wildman–Crippen MR) is 132 cm³/mol. The van der Waals surface area contributed by atoms with Gasteiger partial charge in [0, 0.05) is 31.0 Å². The summed E-state index contributed by atoms with van der Waals surface area (Å²) in [5.41, 5.74) is 3.25. The van der Waals surface area contributed by atoms with Crippen LogP contribution in [0.1, 0.15) is 86.8 Å². The summed E-state index contributed by atoms with van der Waals surface area (Å²) in [6, 6.07) is 2.02. The van der Waals surface area contributed by atoms with Gasteiger partial charge in [0.15, 0.2) is 12.9 Å². The van der Waals surface area contributed by atoms with Crippen LogP contribution in [0.2, 0.25) is 0 Å². The minimum atomic E-state index is -0.462. The van der Waals surface area contributed by atoms with Crippen LogP contribution in [0.4, 0.5) is 0 Å². The highest BCUT2D eigenvalue weighted by atomic mass is 32.1. The molecule has 3 rings (SSSR count). The molecular formula is C27H35NO4S. The van der Waals surface area contributed by atoms with Crippen LogP contribution in [0, 0.1) is 29.1 Å². The Hall–Kier alpha value is -2.39. The lowest BCUT2D eigenvalue weighted by atomic mass is 9.75. The summed E-state index contributed by atoms with van der Waals surface area (Å²) >= 11 is 1.42. The summed E-state index contributed by atoms with van der Waals surface area (Å²) in [6.45, 7) is 10.6. The maximum atomic E-state index is 12.7. The highest BCUT2D eigenvalue weighted by Gasteiger charge is 2.31. The van der Waals surface area contributed by atoms with Gasteiger partial charge in [0.05, 0.1) is 9.75 Å². The first kappa shape index (κ1) is 25.2. The average Bonchev–Trinajstić information content (AvgIpc) is 3.19. The molecule has 6 heteroatoms. The number of hydrogen-bond acceptors (Lipinski definition) is 5. The minimum Gasteiger partial charge on any atom is -0.456 e. The highest BCUT2D eigenvalue weighted by molar-refractivity contribution is 7.14. The van der Waals surface area contributed by atoms with E-state index in [0.717, 1.165) is 47.5 Å². The molecule has 0 spiro atoms. The van der Waals surface area contributed by atoms with E-state index in [2.05, 4.69) is 39.5 Å². The van der Waals surface area contributed by atoms with Crippen molar-refractivity contribution in [2.24, 2.45) is 17.3 Å². The van der Waals surface area contributed by atoms with Crippen LogP contribution in [0.15, 0.2) is 11.6 Å². The average molecular weight is 470 g/mol. The van der Waals surface area contributed by atoms with Gasteiger partial charge >= 0.3 is 5.97 Å². The molecule has 0 radical (unpaired) electrons. The number of thiophene rings is 1. The van der Waals surface area contributed by atoms with E-state index in [1.54, 1.807) is 4.90 Å². The van der Waals surface area contributed by atoms with E-state index in [1.807, 2.05) is 6.07 Å². The molecule has 0 saturated heterocycles. The Kier molecular flexibility index (Phi) is 8.18. The number of ether oxygens (including phenoxy) is 1. The number of hydrogen-bond donors (Lipinski definition) is 0. The Morgan fingerprint density at radius 2 is 1.94 bits per heavy atom. The maximum absolute atomic E-state index is 12.7. The molecule has 0 unspecified atom stereocenters. The van der Waals surface area contributed by atoms with Gasteiger partial charge in [-0.2, -0.15) is 0 Å². The zero-order chi connectivity index (χ0) is 24.2. The quantitative estimate of drug-likeness (QED) is 0.332. The fourth-order valence-electron chi connectivity index (χ4n) is 4.60. The van der Waals surface area contributed by atoms with Gasteiger partial charge in [-0.05, 0) is 63.5 Å². The molecule has 0 aromatic carbocycles. The number of carbonyl (C=O) groups excluding carboxylic acids is 3. The van der Waals surface area contributed by atoms with Crippen LogP contribution >= 0.6 is 11.3 Å². The third-order valence-electron chi connectivity index (χ3n) is 6.40. The summed E-state index contributed by atoms with van der Waals surface area (Å²) < 4.78 is 4.95. The van der Waals surface area contributed by atoms with E-state index >= 15 is 0 Å². The normalized spacial score (nSPS) is 21.3. The molecule has 1 aliphatic heterocycles. The van der Waals surface area contributed by atoms with Crippen molar-refractivity contribution >= 4 is 35.1 Å². The van der Waals surface area contributed by atoms with Crippen molar-refractivity contribution in [3.8, 4) is 11.8 Å². The van der Waals surface area contributed by atoms with Crippen LogP contribution in [-0.4, -0.2) is 42.8 Å². The number of esters is 1. The second kappa shape index (κ2) is 10.7. The molecule has 33 heavy (non-hydrogen) atoms. The van der Waals surface area contributed by atoms with E-state index in [1.165, 1.54) is 36.7 Å². The zero-order valence-corrected chi connectivity index (χ0v) is 21.3. The molecule has 1 aromatic heterocycles. The Morgan fingerprint density at radius 3 is 2.55 bits per heavy atom. The lowest BCUT2D eigenvalue weighted by Crippen LogP contribution is -2.40. The van der Waals surface area contributed by atoms with Crippen molar-refractivity contribution in [1.29, 1.82) is 0 Å². The molecule has 0 bridgehead atoms. The number of rotatable bonds is 5. The molecule has 2 heterocycles. The van der Waals surface area contributed by atoms with Gasteiger partial charge in [0.2, 0.25) is 0 Å².